The van der Waals surface area contributed by atoms with Gasteiger partial charge in [0.1, 0.15) is 0 Å². The molecule has 0 saturated carbocycles. The Hall–Kier alpha value is -0.355. The highest BCUT2D eigenvalue weighted by Gasteiger charge is 2.55. The van der Waals surface area contributed by atoms with Gasteiger partial charge in [-0.1, -0.05) is 6.58 Å². The van der Waals surface area contributed by atoms with E-state index >= 15 is 0 Å². The van der Waals surface area contributed by atoms with Gasteiger partial charge >= 0.3 is 7.12 Å². The van der Waals surface area contributed by atoms with E-state index in [9.17, 15) is 0 Å². The molecule has 0 unspecified atom stereocenters. The molecule has 2 fully saturated rings. The number of rotatable bonds is 2. The van der Waals surface area contributed by atoms with E-state index in [0.29, 0.717) is 18.7 Å². The minimum absolute atomic E-state index is 0.366. The monoisotopic (exact) mass is 240 g/mol. The van der Waals surface area contributed by atoms with E-state index in [0.717, 1.165) is 0 Å². The van der Waals surface area contributed by atoms with Crippen LogP contribution in [-0.4, -0.2) is 37.3 Å². The first kappa shape index (κ1) is 13.1. The van der Waals surface area contributed by atoms with Crippen molar-refractivity contribution in [3.05, 3.63) is 12.1 Å². The van der Waals surface area contributed by atoms with Crippen molar-refractivity contribution in [2.45, 2.75) is 51.6 Å². The third-order valence-electron chi connectivity index (χ3n) is 3.96. The van der Waals surface area contributed by atoms with Crippen molar-refractivity contribution in [2.24, 2.45) is 0 Å². The summed E-state index contributed by atoms with van der Waals surface area (Å²) in [5.41, 5.74) is -0.0424. The summed E-state index contributed by atoms with van der Waals surface area (Å²) >= 11 is 0. The first-order valence-electron chi connectivity index (χ1n) is 6.01. The lowest BCUT2D eigenvalue weighted by Gasteiger charge is -2.32. The average molecular weight is 240 g/mol. The molecule has 0 bridgehead atoms. The highest BCUT2D eigenvalue weighted by molar-refractivity contribution is 6.55. The zero-order valence-corrected chi connectivity index (χ0v) is 11.3. The Bertz CT molecular complexity index is 315. The van der Waals surface area contributed by atoms with Crippen LogP contribution >= 0.6 is 0 Å². The Balaban J connectivity index is 2.13. The molecule has 5 heteroatoms. The Kier molecular flexibility index (Phi) is 2.94. The molecule has 0 aromatic carbocycles. The second kappa shape index (κ2) is 3.82. The maximum atomic E-state index is 5.92. The van der Waals surface area contributed by atoms with E-state index < -0.39 is 12.9 Å². The molecule has 0 aromatic heterocycles. The lowest BCUT2D eigenvalue weighted by Crippen LogP contribution is -2.41. The molecule has 0 aromatic rings. The number of ether oxygens (including phenoxy) is 2. The molecule has 0 N–H and O–H groups in total. The highest BCUT2D eigenvalue weighted by atomic mass is 16.7. The van der Waals surface area contributed by atoms with Gasteiger partial charge in [0.25, 0.3) is 0 Å². The highest BCUT2D eigenvalue weighted by Crippen LogP contribution is 2.41. The van der Waals surface area contributed by atoms with Crippen LogP contribution in [-0.2, 0) is 18.8 Å². The van der Waals surface area contributed by atoms with Gasteiger partial charge in [-0.3, -0.25) is 0 Å². The van der Waals surface area contributed by atoms with Crippen molar-refractivity contribution in [2.75, 3.05) is 13.2 Å². The summed E-state index contributed by atoms with van der Waals surface area (Å²) in [7, 11) is -0.483. The predicted octanol–water partition coefficient (Wildman–Crippen LogP) is 1.94. The summed E-state index contributed by atoms with van der Waals surface area (Å²) < 4.78 is 23.0. The van der Waals surface area contributed by atoms with Gasteiger partial charge in [-0.05, 0) is 34.6 Å². The topological polar surface area (TPSA) is 36.9 Å². The minimum atomic E-state index is -0.791. The summed E-state index contributed by atoms with van der Waals surface area (Å²) in [6.45, 7) is 15.1. The molecule has 4 nitrogen and oxygen atoms in total. The number of hydrogen-bond donors (Lipinski definition) is 0. The third-order valence-corrected chi connectivity index (χ3v) is 3.96. The van der Waals surface area contributed by atoms with Crippen LogP contribution in [0.2, 0.25) is 0 Å². The largest absolute Gasteiger partial charge is 0.495 e. The molecular formula is C12H21BO4. The predicted molar refractivity (Wildman–Crippen MR) is 65.5 cm³/mol. The summed E-state index contributed by atoms with van der Waals surface area (Å²) in [6, 6.07) is 0. The smallest absolute Gasteiger partial charge is 0.399 e. The molecule has 96 valence electrons. The van der Waals surface area contributed by atoms with Crippen LogP contribution in [0.4, 0.5) is 0 Å². The maximum Gasteiger partial charge on any atom is 0.495 e. The second-order valence-electron chi connectivity index (χ2n) is 5.76. The fourth-order valence-electron chi connectivity index (χ4n) is 1.90. The Labute approximate surface area is 103 Å². The standard InChI is InChI=1S/C12H21BO4/c1-9(12(6)14-7-8-15-12)13-16-10(2,3)11(4,5)17-13/h1,7-8H2,2-6H3. The molecule has 0 aliphatic carbocycles. The zero-order valence-electron chi connectivity index (χ0n) is 11.3. The van der Waals surface area contributed by atoms with Crippen LogP contribution < -0.4 is 0 Å². The molecule has 2 aliphatic heterocycles. The molecule has 0 spiro atoms. The van der Waals surface area contributed by atoms with Crippen LogP contribution in [0.5, 0.6) is 0 Å². The summed E-state index contributed by atoms with van der Waals surface area (Å²) in [6.07, 6.45) is 0. The van der Waals surface area contributed by atoms with Crippen LogP contribution in [0.3, 0.4) is 0 Å². The third kappa shape index (κ3) is 2.06. The van der Waals surface area contributed by atoms with Gasteiger partial charge in [-0.2, -0.15) is 0 Å². The normalized spacial score (nSPS) is 29.6. The van der Waals surface area contributed by atoms with Crippen molar-refractivity contribution in [1.29, 1.82) is 0 Å². The zero-order chi connectivity index (χ0) is 12.9. The second-order valence-corrected chi connectivity index (χ2v) is 5.76. The van der Waals surface area contributed by atoms with E-state index in [1.165, 1.54) is 0 Å². The first-order valence-corrected chi connectivity index (χ1v) is 6.01. The number of hydrogen-bond acceptors (Lipinski definition) is 4. The molecular weight excluding hydrogens is 219 g/mol. The quantitative estimate of drug-likeness (QED) is 0.691. The van der Waals surface area contributed by atoms with Crippen molar-refractivity contribution < 1.29 is 18.8 Å². The van der Waals surface area contributed by atoms with Gasteiger partial charge in [-0.25, -0.2) is 0 Å². The van der Waals surface area contributed by atoms with Gasteiger partial charge in [-0.15, -0.1) is 0 Å². The molecule has 0 amide bonds. The maximum absolute atomic E-state index is 5.92. The van der Waals surface area contributed by atoms with Gasteiger partial charge < -0.3 is 18.8 Å². The molecule has 0 radical (unpaired) electrons. The summed E-state index contributed by atoms with van der Waals surface area (Å²) in [5.74, 6) is -0.791. The molecule has 0 atom stereocenters. The lowest BCUT2D eigenvalue weighted by molar-refractivity contribution is -0.106. The molecule has 2 rings (SSSR count). The molecule has 17 heavy (non-hydrogen) atoms. The van der Waals surface area contributed by atoms with Crippen LogP contribution in [0.25, 0.3) is 0 Å². The van der Waals surface area contributed by atoms with Crippen molar-refractivity contribution in [1.82, 2.24) is 0 Å². The van der Waals surface area contributed by atoms with E-state index in [1.54, 1.807) is 0 Å². The van der Waals surface area contributed by atoms with Crippen molar-refractivity contribution >= 4 is 7.12 Å². The minimum Gasteiger partial charge on any atom is -0.399 e. The Morgan fingerprint density at radius 1 is 0.941 bits per heavy atom. The van der Waals surface area contributed by atoms with Gasteiger partial charge in [0.2, 0.25) is 0 Å². The van der Waals surface area contributed by atoms with Gasteiger partial charge in [0.05, 0.1) is 24.4 Å². The summed E-state index contributed by atoms with van der Waals surface area (Å²) in [5, 5.41) is 0. The Morgan fingerprint density at radius 3 is 1.76 bits per heavy atom. The van der Waals surface area contributed by atoms with E-state index in [2.05, 4.69) is 6.58 Å². The van der Waals surface area contributed by atoms with E-state index in [-0.39, 0.29) is 11.2 Å². The molecule has 2 aliphatic rings. The van der Waals surface area contributed by atoms with Crippen LogP contribution in [0.1, 0.15) is 34.6 Å². The lowest BCUT2D eigenvalue weighted by atomic mass is 9.74. The van der Waals surface area contributed by atoms with Crippen LogP contribution in [0, 0.1) is 0 Å². The van der Waals surface area contributed by atoms with Gasteiger partial charge in [0.15, 0.2) is 5.79 Å². The Morgan fingerprint density at radius 2 is 1.35 bits per heavy atom. The SMILES string of the molecule is C=C(B1OC(C)(C)C(C)(C)O1)C1(C)OCCO1. The molecule has 2 saturated heterocycles. The van der Waals surface area contributed by atoms with Crippen LogP contribution in [0.15, 0.2) is 12.1 Å². The first-order chi connectivity index (χ1) is 7.68. The molecule has 2 heterocycles. The van der Waals surface area contributed by atoms with E-state index in [1.807, 2.05) is 34.6 Å². The summed E-state index contributed by atoms with van der Waals surface area (Å²) in [4.78, 5) is 0. The fraction of sp³-hybridized carbons (Fsp3) is 0.833. The average Bonchev–Trinajstić information content (AvgIpc) is 2.70. The fourth-order valence-corrected chi connectivity index (χ4v) is 1.90. The van der Waals surface area contributed by atoms with Gasteiger partial charge in [0, 0.05) is 5.47 Å². The van der Waals surface area contributed by atoms with Crippen molar-refractivity contribution in [3.63, 3.8) is 0 Å². The van der Waals surface area contributed by atoms with E-state index in [4.69, 9.17) is 18.8 Å². The van der Waals surface area contributed by atoms with Crippen molar-refractivity contribution in [3.8, 4) is 0 Å².